The monoisotopic (exact) mass is 677 g/mol. The molecule has 0 saturated carbocycles. The van der Waals surface area contributed by atoms with Crippen LogP contribution in [0.15, 0.2) is 103 Å². The molecule has 0 aliphatic carbocycles. The maximum absolute atomic E-state index is 13.7. The average molecular weight is 678 g/mol. The maximum atomic E-state index is 13.7. The van der Waals surface area contributed by atoms with E-state index in [-0.39, 0.29) is 29.8 Å². The molecule has 9 heteroatoms. The number of nitrogens with one attached hydrogen (secondary N) is 1. The number of hydrogen-bond donors (Lipinski definition) is 1. The Balaban J connectivity index is 1.23. The van der Waals surface area contributed by atoms with Gasteiger partial charge in [-0.1, -0.05) is 96.5 Å². The van der Waals surface area contributed by atoms with Gasteiger partial charge in [-0.25, -0.2) is 0 Å². The van der Waals surface area contributed by atoms with Gasteiger partial charge in [0.25, 0.3) is 0 Å². The molecule has 1 aliphatic rings. The molecule has 5 rings (SSSR count). The van der Waals surface area contributed by atoms with Gasteiger partial charge in [0.05, 0.1) is 23.6 Å². The summed E-state index contributed by atoms with van der Waals surface area (Å²) in [5.74, 6) is 0.661. The molecule has 1 aliphatic heterocycles. The van der Waals surface area contributed by atoms with Gasteiger partial charge in [0.15, 0.2) is 0 Å². The summed E-state index contributed by atoms with van der Waals surface area (Å²) in [4.78, 5) is 17.0. The van der Waals surface area contributed by atoms with E-state index in [1.165, 1.54) is 18.9 Å². The van der Waals surface area contributed by atoms with E-state index in [0.29, 0.717) is 44.0 Å². The van der Waals surface area contributed by atoms with Crippen molar-refractivity contribution < 1.29 is 22.7 Å². The van der Waals surface area contributed by atoms with Crippen molar-refractivity contribution in [3.8, 4) is 5.75 Å². The number of carbonyl (C=O) groups is 1. The Kier molecular flexibility index (Phi) is 12.9. The predicted molar refractivity (Wildman–Crippen MR) is 185 cm³/mol. The van der Waals surface area contributed by atoms with Crippen LogP contribution in [-0.2, 0) is 23.9 Å². The molecule has 0 spiro atoms. The van der Waals surface area contributed by atoms with Crippen LogP contribution in [0.5, 0.6) is 5.75 Å². The van der Waals surface area contributed by atoms with Crippen LogP contribution in [0, 0.1) is 0 Å². The lowest BCUT2D eigenvalue weighted by Crippen LogP contribution is -2.34. The Morgan fingerprint density at radius 3 is 2.23 bits per heavy atom. The Hall–Kier alpha value is -3.85. The van der Waals surface area contributed by atoms with Gasteiger partial charge >= 0.3 is 6.18 Å². The molecule has 1 saturated heterocycles. The quantitative estimate of drug-likeness (QED) is 0.121. The van der Waals surface area contributed by atoms with E-state index in [4.69, 9.17) is 16.3 Å². The number of rotatable bonds is 16. The molecular formula is C39H43ClF3N3O2. The molecule has 4 aromatic carbocycles. The fourth-order valence-corrected chi connectivity index (χ4v) is 6.55. The van der Waals surface area contributed by atoms with Crippen LogP contribution >= 0.6 is 11.6 Å². The summed E-state index contributed by atoms with van der Waals surface area (Å²) in [5, 5.41) is 2.75. The molecule has 5 nitrogen and oxygen atoms in total. The summed E-state index contributed by atoms with van der Waals surface area (Å²) in [7, 11) is 0. The third kappa shape index (κ3) is 10.6. The summed E-state index contributed by atoms with van der Waals surface area (Å²) in [6.45, 7) is 5.53. The predicted octanol–water partition coefficient (Wildman–Crippen LogP) is 8.22. The first-order valence-corrected chi connectivity index (χ1v) is 17.0. The van der Waals surface area contributed by atoms with Gasteiger partial charge in [0, 0.05) is 38.6 Å². The summed E-state index contributed by atoms with van der Waals surface area (Å²) in [5.41, 5.74) is 2.72. The fraction of sp³-hybridized carbons (Fsp3) is 0.359. The van der Waals surface area contributed by atoms with Gasteiger partial charge in [0.1, 0.15) is 5.75 Å². The first-order valence-electron chi connectivity index (χ1n) is 16.6. The van der Waals surface area contributed by atoms with Gasteiger partial charge < -0.3 is 15.0 Å². The normalized spacial score (nSPS) is 13.7. The van der Waals surface area contributed by atoms with E-state index >= 15 is 0 Å². The van der Waals surface area contributed by atoms with Crippen molar-refractivity contribution in [2.75, 3.05) is 45.9 Å². The lowest BCUT2D eigenvalue weighted by molar-refractivity contribution is -0.137. The molecule has 1 amide bonds. The van der Waals surface area contributed by atoms with Crippen LogP contribution in [0.3, 0.4) is 0 Å². The Bertz CT molecular complexity index is 1540. The van der Waals surface area contributed by atoms with Crippen molar-refractivity contribution in [2.45, 2.75) is 44.3 Å². The number of likely N-dealkylation sites (tertiary alicyclic amines) is 1. The minimum absolute atomic E-state index is 0.00364. The van der Waals surface area contributed by atoms with Crippen LogP contribution in [0.4, 0.5) is 13.2 Å². The number of nitrogens with zero attached hydrogens (tertiary/aromatic N) is 2. The molecule has 48 heavy (non-hydrogen) atoms. The maximum Gasteiger partial charge on any atom is 0.417 e. The summed E-state index contributed by atoms with van der Waals surface area (Å²) >= 11 is 6.36. The van der Waals surface area contributed by atoms with Gasteiger partial charge in [-0.3, -0.25) is 9.69 Å². The number of carbonyl (C=O) groups excluding carboxylic acids is 1. The topological polar surface area (TPSA) is 44.8 Å². The number of benzene rings is 4. The summed E-state index contributed by atoms with van der Waals surface area (Å²) < 4.78 is 47.2. The van der Waals surface area contributed by atoms with Crippen molar-refractivity contribution in [3.63, 3.8) is 0 Å². The third-order valence-electron chi connectivity index (χ3n) is 8.72. The number of halogens is 4. The van der Waals surface area contributed by atoms with Gasteiger partial charge in [-0.15, -0.1) is 0 Å². The van der Waals surface area contributed by atoms with E-state index in [2.05, 4.69) is 39.4 Å². The van der Waals surface area contributed by atoms with Crippen molar-refractivity contribution in [1.29, 1.82) is 0 Å². The molecule has 4 aromatic rings. The lowest BCUT2D eigenvalue weighted by Gasteiger charge is -2.29. The molecule has 1 heterocycles. The summed E-state index contributed by atoms with van der Waals surface area (Å²) in [6, 6.07) is 31.9. The molecule has 0 bridgehead atoms. The molecule has 0 atom stereocenters. The summed E-state index contributed by atoms with van der Waals surface area (Å²) in [6.07, 6.45) is -1.17. The molecular weight excluding hydrogens is 635 g/mol. The number of hydrogen-bond acceptors (Lipinski definition) is 4. The molecule has 0 aromatic heterocycles. The third-order valence-corrected chi connectivity index (χ3v) is 9.17. The van der Waals surface area contributed by atoms with Gasteiger partial charge in [-0.2, -0.15) is 13.2 Å². The minimum Gasteiger partial charge on any atom is -0.494 e. The van der Waals surface area contributed by atoms with Crippen LogP contribution in [0.25, 0.3) is 0 Å². The molecule has 0 unspecified atom stereocenters. The number of alkyl halides is 3. The highest BCUT2D eigenvalue weighted by atomic mass is 35.5. The van der Waals surface area contributed by atoms with E-state index in [0.717, 1.165) is 42.4 Å². The molecule has 1 fully saturated rings. The molecule has 1 N–H and O–H groups in total. The highest BCUT2D eigenvalue weighted by Crippen LogP contribution is 2.37. The van der Waals surface area contributed by atoms with Gasteiger partial charge in [-0.05, 0) is 72.8 Å². The second-order valence-corrected chi connectivity index (χ2v) is 12.7. The fourth-order valence-electron chi connectivity index (χ4n) is 6.26. The Morgan fingerprint density at radius 2 is 1.56 bits per heavy atom. The second kappa shape index (κ2) is 17.5. The van der Waals surface area contributed by atoms with Crippen LogP contribution in [-0.4, -0.2) is 61.6 Å². The van der Waals surface area contributed by atoms with Crippen molar-refractivity contribution in [2.24, 2.45) is 0 Å². The zero-order chi connectivity index (χ0) is 33.8. The highest BCUT2D eigenvalue weighted by Gasteiger charge is 2.34. The van der Waals surface area contributed by atoms with E-state index in [9.17, 15) is 18.0 Å². The van der Waals surface area contributed by atoms with Crippen LogP contribution in [0.1, 0.15) is 53.0 Å². The first kappa shape index (κ1) is 35.5. The van der Waals surface area contributed by atoms with Crippen molar-refractivity contribution in [3.05, 3.63) is 136 Å². The van der Waals surface area contributed by atoms with Gasteiger partial charge in [0.2, 0.25) is 5.91 Å². The number of ether oxygens (including phenoxy) is 1. The number of amides is 1. The molecule has 0 radical (unpaired) electrons. The smallest absolute Gasteiger partial charge is 0.417 e. The van der Waals surface area contributed by atoms with E-state index in [1.54, 1.807) is 6.07 Å². The minimum atomic E-state index is -4.54. The van der Waals surface area contributed by atoms with Crippen LogP contribution < -0.4 is 10.1 Å². The Morgan fingerprint density at radius 1 is 0.896 bits per heavy atom. The zero-order valence-corrected chi connectivity index (χ0v) is 27.9. The zero-order valence-electron chi connectivity index (χ0n) is 27.1. The van der Waals surface area contributed by atoms with Crippen LogP contribution in [0.2, 0.25) is 5.02 Å². The van der Waals surface area contributed by atoms with E-state index < -0.39 is 11.7 Å². The largest absolute Gasteiger partial charge is 0.494 e. The Labute approximate surface area is 286 Å². The van der Waals surface area contributed by atoms with E-state index in [1.807, 2.05) is 60.7 Å². The SMILES string of the molecule is O=C(Cc1cccc(OCCCN(Cc2cccc(C(F)(F)F)c2Cl)CC(c2ccccc2)c2ccccc2)c1)NCCN1CCCC1. The molecule has 254 valence electrons. The first-order chi connectivity index (χ1) is 23.3. The standard InChI is InChI=1S/C39H43ClF3N3O2/c40-38-33(17-10-19-36(38)39(41,42)43)28-46(29-35(31-13-3-1-4-14-31)32-15-5-2-6-16-32)23-11-25-48-34-18-9-12-30(26-34)27-37(47)44-20-24-45-21-7-8-22-45/h1-6,9-10,12-19,26,35H,7-8,11,20-25,27-29H2,(H,44,47). The van der Waals surface area contributed by atoms with Crippen molar-refractivity contribution >= 4 is 17.5 Å². The highest BCUT2D eigenvalue weighted by molar-refractivity contribution is 6.32. The van der Waals surface area contributed by atoms with Crippen molar-refractivity contribution in [1.82, 2.24) is 15.1 Å². The second-order valence-electron chi connectivity index (χ2n) is 12.3. The lowest BCUT2D eigenvalue weighted by atomic mass is 9.90. The average Bonchev–Trinajstić information content (AvgIpc) is 3.60.